The standard InChI is InChI=1S/C20H20F2N6O/c1-20(22)7-3-6-16(17(20)21)28-19(25-26-27-28)15-9-14(10-24-18(15)23)13-5-2-4-12(8-13)11-29/h2-10,17,26-27,29H,11H2,1H3,(H2,23,24). The van der Waals surface area contributed by atoms with Crippen molar-refractivity contribution in [2.75, 3.05) is 5.73 Å². The van der Waals surface area contributed by atoms with Gasteiger partial charge < -0.3 is 10.8 Å². The van der Waals surface area contributed by atoms with E-state index < -0.39 is 11.8 Å². The maximum Gasteiger partial charge on any atom is 0.181 e. The number of hydrazine groups is 2. The number of hydrogen-bond donors (Lipinski definition) is 4. The monoisotopic (exact) mass is 398 g/mol. The smallest absolute Gasteiger partial charge is 0.181 e. The molecule has 0 radical (unpaired) electrons. The number of aliphatic hydroxyl groups is 1. The van der Waals surface area contributed by atoms with Gasteiger partial charge in [0.05, 0.1) is 17.9 Å². The lowest BCUT2D eigenvalue weighted by atomic mass is 9.94. The number of nitrogen functional groups attached to an aromatic ring is 1. The third-order valence-electron chi connectivity index (χ3n) is 4.84. The van der Waals surface area contributed by atoms with Crippen molar-refractivity contribution in [1.29, 1.82) is 0 Å². The molecule has 7 nitrogen and oxygen atoms in total. The molecule has 5 N–H and O–H groups in total. The number of benzene rings is 1. The number of pyridine rings is 1. The van der Waals surface area contributed by atoms with E-state index in [-0.39, 0.29) is 24.0 Å². The Bertz CT molecular complexity index is 1030. The number of allylic oxidation sites excluding steroid dienone is 4. The third kappa shape index (κ3) is 3.45. The van der Waals surface area contributed by atoms with Gasteiger partial charge in [0.15, 0.2) is 17.7 Å². The molecule has 0 bridgehead atoms. The second kappa shape index (κ2) is 7.26. The van der Waals surface area contributed by atoms with E-state index >= 15 is 0 Å². The molecule has 150 valence electrons. The molecule has 0 saturated carbocycles. The Morgan fingerprint density at radius 1 is 1.31 bits per heavy atom. The summed E-state index contributed by atoms with van der Waals surface area (Å²) in [5.41, 5.74) is 12.0. The summed E-state index contributed by atoms with van der Waals surface area (Å²) in [6, 6.07) is 9.11. The van der Waals surface area contributed by atoms with Gasteiger partial charge in [0.25, 0.3) is 0 Å². The summed E-state index contributed by atoms with van der Waals surface area (Å²) in [5, 5.41) is 14.8. The van der Waals surface area contributed by atoms with Crippen molar-refractivity contribution in [2.24, 2.45) is 5.10 Å². The Morgan fingerprint density at radius 3 is 2.93 bits per heavy atom. The fourth-order valence-electron chi connectivity index (χ4n) is 3.24. The second-order valence-corrected chi connectivity index (χ2v) is 6.97. The molecule has 1 aromatic carbocycles. The summed E-state index contributed by atoms with van der Waals surface area (Å²) >= 11 is 0. The highest BCUT2D eigenvalue weighted by Gasteiger charge is 2.41. The number of alkyl halides is 2. The molecule has 2 heterocycles. The van der Waals surface area contributed by atoms with Gasteiger partial charge in [0.2, 0.25) is 0 Å². The number of amidine groups is 1. The van der Waals surface area contributed by atoms with E-state index in [1.807, 2.05) is 24.3 Å². The predicted molar refractivity (Wildman–Crippen MR) is 106 cm³/mol. The van der Waals surface area contributed by atoms with Crippen molar-refractivity contribution >= 4 is 11.7 Å². The Kier molecular flexibility index (Phi) is 4.77. The van der Waals surface area contributed by atoms with Crippen LogP contribution in [0, 0.1) is 0 Å². The number of nitrogens with one attached hydrogen (secondary N) is 2. The lowest BCUT2D eigenvalue weighted by Crippen LogP contribution is -2.47. The number of aromatic nitrogens is 1. The quantitative estimate of drug-likeness (QED) is 0.631. The maximum atomic E-state index is 14.8. The van der Waals surface area contributed by atoms with Crippen molar-refractivity contribution in [3.05, 3.63) is 71.6 Å². The number of hydrazone groups is 1. The molecule has 29 heavy (non-hydrogen) atoms. The van der Waals surface area contributed by atoms with E-state index in [4.69, 9.17) is 5.73 Å². The summed E-state index contributed by atoms with van der Waals surface area (Å²) in [6.45, 7) is 1.09. The Hall–Kier alpha value is -3.30. The highest BCUT2D eigenvalue weighted by Crippen LogP contribution is 2.33. The largest absolute Gasteiger partial charge is 0.392 e. The average molecular weight is 398 g/mol. The lowest BCUT2D eigenvalue weighted by Gasteiger charge is -2.31. The van der Waals surface area contributed by atoms with Crippen molar-refractivity contribution < 1.29 is 13.9 Å². The van der Waals surface area contributed by atoms with Crippen LogP contribution < -0.4 is 16.8 Å². The van der Waals surface area contributed by atoms with E-state index in [0.29, 0.717) is 5.56 Å². The summed E-state index contributed by atoms with van der Waals surface area (Å²) in [5.74, 6) is 0.446. The zero-order valence-corrected chi connectivity index (χ0v) is 15.6. The van der Waals surface area contributed by atoms with Gasteiger partial charge in [-0.2, -0.15) is 0 Å². The number of aliphatic hydroxyl groups excluding tert-OH is 1. The van der Waals surface area contributed by atoms with Crippen LogP contribution in [0.25, 0.3) is 11.1 Å². The van der Waals surface area contributed by atoms with Crippen LogP contribution in [-0.2, 0) is 6.61 Å². The number of hydrogen-bond acceptors (Lipinski definition) is 7. The van der Waals surface area contributed by atoms with E-state index in [1.165, 1.54) is 30.2 Å². The maximum absolute atomic E-state index is 14.8. The molecule has 2 unspecified atom stereocenters. The molecular formula is C20H20F2N6O. The Labute approximate surface area is 166 Å². The fourth-order valence-corrected chi connectivity index (χ4v) is 3.24. The molecule has 1 aromatic heterocycles. The van der Waals surface area contributed by atoms with Crippen LogP contribution in [0.1, 0.15) is 18.1 Å². The summed E-state index contributed by atoms with van der Waals surface area (Å²) < 4.78 is 29.2. The molecule has 4 rings (SSSR count). The molecule has 0 fully saturated rings. The van der Waals surface area contributed by atoms with Gasteiger partial charge in [0.1, 0.15) is 5.82 Å². The van der Waals surface area contributed by atoms with Crippen molar-refractivity contribution in [3.63, 3.8) is 0 Å². The van der Waals surface area contributed by atoms with Crippen LogP contribution in [0.5, 0.6) is 0 Å². The normalized spacial score (nSPS) is 23.6. The van der Waals surface area contributed by atoms with Crippen molar-refractivity contribution in [3.8, 4) is 11.1 Å². The first-order valence-corrected chi connectivity index (χ1v) is 8.97. The molecule has 2 aliphatic rings. The Balaban J connectivity index is 1.72. The van der Waals surface area contributed by atoms with Crippen molar-refractivity contribution in [1.82, 2.24) is 21.1 Å². The number of anilines is 1. The summed E-state index contributed by atoms with van der Waals surface area (Å²) in [6.07, 6.45) is 3.81. The first-order chi connectivity index (χ1) is 13.9. The molecular weight excluding hydrogens is 378 g/mol. The first kappa shape index (κ1) is 19.0. The van der Waals surface area contributed by atoms with E-state index in [2.05, 4.69) is 21.2 Å². The molecule has 9 heteroatoms. The minimum absolute atomic E-state index is 0.0494. The molecule has 1 aliphatic carbocycles. The van der Waals surface area contributed by atoms with Gasteiger partial charge in [-0.25, -0.2) is 24.3 Å². The zero-order chi connectivity index (χ0) is 20.6. The van der Waals surface area contributed by atoms with Crippen LogP contribution in [0.4, 0.5) is 14.6 Å². The average Bonchev–Trinajstić information content (AvgIpc) is 3.20. The first-order valence-electron chi connectivity index (χ1n) is 8.97. The van der Waals surface area contributed by atoms with Crippen LogP contribution >= 0.6 is 0 Å². The molecule has 0 saturated heterocycles. The molecule has 2 aromatic rings. The SMILES string of the molecule is CC1(F)C=CC=C(N2NNN=C2c2cc(-c3cccc(CO)c3)cnc2N)C1F. The predicted octanol–water partition coefficient (Wildman–Crippen LogP) is 2.33. The third-order valence-corrected chi connectivity index (χ3v) is 4.84. The van der Waals surface area contributed by atoms with Gasteiger partial charge in [-0.05, 0) is 42.3 Å². The number of nitrogens with two attached hydrogens (primary N) is 1. The van der Waals surface area contributed by atoms with Gasteiger partial charge in [-0.3, -0.25) is 0 Å². The fraction of sp³-hybridized carbons (Fsp3) is 0.200. The molecule has 0 amide bonds. The summed E-state index contributed by atoms with van der Waals surface area (Å²) in [7, 11) is 0. The minimum Gasteiger partial charge on any atom is -0.392 e. The lowest BCUT2D eigenvalue weighted by molar-refractivity contribution is 0.111. The highest BCUT2D eigenvalue weighted by atomic mass is 19.2. The van der Waals surface area contributed by atoms with Gasteiger partial charge in [-0.15, -0.1) is 10.6 Å². The van der Waals surface area contributed by atoms with Crippen LogP contribution in [0.15, 0.2) is 65.6 Å². The number of rotatable bonds is 4. The van der Waals surface area contributed by atoms with Gasteiger partial charge in [0, 0.05) is 11.8 Å². The van der Waals surface area contributed by atoms with E-state index in [1.54, 1.807) is 12.3 Å². The van der Waals surface area contributed by atoms with Crippen molar-refractivity contribution in [2.45, 2.75) is 25.4 Å². The summed E-state index contributed by atoms with van der Waals surface area (Å²) in [4.78, 5) is 4.23. The topological polar surface area (TPSA) is 98.8 Å². The number of nitrogens with zero attached hydrogens (tertiary/aromatic N) is 3. The van der Waals surface area contributed by atoms with Gasteiger partial charge >= 0.3 is 0 Å². The van der Waals surface area contributed by atoms with Crippen LogP contribution in [0.3, 0.4) is 0 Å². The molecule has 2 atom stereocenters. The molecule has 1 aliphatic heterocycles. The van der Waals surface area contributed by atoms with E-state index in [0.717, 1.165) is 16.7 Å². The number of halogens is 2. The second-order valence-electron chi connectivity index (χ2n) is 6.97. The van der Waals surface area contributed by atoms with E-state index in [9.17, 15) is 13.9 Å². The Morgan fingerprint density at radius 2 is 2.14 bits per heavy atom. The minimum atomic E-state index is -2.14. The van der Waals surface area contributed by atoms with Crippen LogP contribution in [-0.4, -0.2) is 32.8 Å². The molecule has 0 spiro atoms. The van der Waals surface area contributed by atoms with Gasteiger partial charge in [-0.1, -0.05) is 24.3 Å². The van der Waals surface area contributed by atoms with Crippen LogP contribution in [0.2, 0.25) is 0 Å². The zero-order valence-electron chi connectivity index (χ0n) is 15.6. The highest BCUT2D eigenvalue weighted by molar-refractivity contribution is 6.04.